The molecule has 2 heterocycles. The topological polar surface area (TPSA) is 36.4 Å². The van der Waals surface area contributed by atoms with Gasteiger partial charge in [-0.25, -0.2) is 4.98 Å². The first-order valence-corrected chi connectivity index (χ1v) is 6.94. The van der Waals surface area contributed by atoms with Gasteiger partial charge in [-0.2, -0.15) is 0 Å². The molecule has 0 saturated carbocycles. The molecule has 94 valence electrons. The number of hydrogen-bond acceptors (Lipinski definition) is 3. The average Bonchev–Trinajstić information content (AvgIpc) is 2.33. The van der Waals surface area contributed by atoms with Crippen LogP contribution in [0.5, 0.6) is 0 Å². The highest BCUT2D eigenvalue weighted by Gasteiger charge is 2.27. The molecule has 0 aliphatic carbocycles. The highest BCUT2D eigenvalue weighted by Crippen LogP contribution is 2.30. The lowest BCUT2D eigenvalue weighted by atomic mass is 9.92. The van der Waals surface area contributed by atoms with Gasteiger partial charge < -0.3 is 10.0 Å². The summed E-state index contributed by atoms with van der Waals surface area (Å²) in [6, 6.07) is 2.44. The van der Waals surface area contributed by atoms with Crippen molar-refractivity contribution in [2.75, 3.05) is 11.4 Å². The van der Waals surface area contributed by atoms with Crippen LogP contribution in [0, 0.1) is 5.92 Å². The first-order valence-electron chi connectivity index (χ1n) is 6.15. The summed E-state index contributed by atoms with van der Waals surface area (Å²) in [5, 5.41) is 9.44. The molecular formula is C13H19BrN2O. The second-order valence-electron chi connectivity index (χ2n) is 4.85. The molecule has 3 nitrogen and oxygen atoms in total. The molecule has 2 atom stereocenters. The lowest BCUT2D eigenvalue weighted by molar-refractivity contribution is 0.280. The van der Waals surface area contributed by atoms with Gasteiger partial charge in [0, 0.05) is 28.8 Å². The van der Waals surface area contributed by atoms with Crippen LogP contribution in [0.25, 0.3) is 0 Å². The fraction of sp³-hybridized carbons (Fsp3) is 0.615. The van der Waals surface area contributed by atoms with E-state index < -0.39 is 0 Å². The Morgan fingerprint density at radius 3 is 3.00 bits per heavy atom. The summed E-state index contributed by atoms with van der Waals surface area (Å²) >= 11 is 3.40. The largest absolute Gasteiger partial charge is 0.392 e. The SMILES string of the molecule is CC1CCCN(c2ncc(Br)cc2CO)C1C. The molecule has 2 rings (SSSR count). The van der Waals surface area contributed by atoms with Gasteiger partial charge in [0.2, 0.25) is 0 Å². The number of rotatable bonds is 2. The van der Waals surface area contributed by atoms with Crippen LogP contribution < -0.4 is 4.90 Å². The Bertz CT molecular complexity index is 397. The predicted octanol–water partition coefficient (Wildman–Crippen LogP) is 2.96. The van der Waals surface area contributed by atoms with E-state index in [0.29, 0.717) is 12.0 Å². The van der Waals surface area contributed by atoms with Gasteiger partial charge in [0.15, 0.2) is 0 Å². The summed E-state index contributed by atoms with van der Waals surface area (Å²) in [5.41, 5.74) is 0.903. The summed E-state index contributed by atoms with van der Waals surface area (Å²) in [6.45, 7) is 5.61. The van der Waals surface area contributed by atoms with Gasteiger partial charge in [0.05, 0.1) is 6.61 Å². The smallest absolute Gasteiger partial charge is 0.134 e. The van der Waals surface area contributed by atoms with Gasteiger partial charge in [-0.15, -0.1) is 0 Å². The highest BCUT2D eigenvalue weighted by atomic mass is 79.9. The van der Waals surface area contributed by atoms with Gasteiger partial charge in [-0.1, -0.05) is 6.92 Å². The Labute approximate surface area is 111 Å². The fourth-order valence-corrected chi connectivity index (χ4v) is 2.86. The number of aliphatic hydroxyl groups is 1. The van der Waals surface area contributed by atoms with Crippen molar-refractivity contribution in [1.29, 1.82) is 0 Å². The van der Waals surface area contributed by atoms with Crippen LogP contribution in [0.1, 0.15) is 32.3 Å². The maximum absolute atomic E-state index is 9.44. The van der Waals surface area contributed by atoms with E-state index in [-0.39, 0.29) is 6.61 Å². The van der Waals surface area contributed by atoms with Crippen molar-refractivity contribution in [2.24, 2.45) is 5.92 Å². The number of pyridine rings is 1. The Balaban J connectivity index is 2.32. The monoisotopic (exact) mass is 298 g/mol. The summed E-state index contributed by atoms with van der Waals surface area (Å²) in [4.78, 5) is 6.80. The molecule has 0 amide bonds. The molecule has 0 radical (unpaired) electrons. The Hall–Kier alpha value is -0.610. The van der Waals surface area contributed by atoms with Crippen LogP contribution in [-0.4, -0.2) is 22.7 Å². The summed E-state index contributed by atoms with van der Waals surface area (Å²) in [7, 11) is 0. The number of aromatic nitrogens is 1. The van der Waals surface area contributed by atoms with Crippen molar-refractivity contribution >= 4 is 21.7 Å². The summed E-state index contributed by atoms with van der Waals surface area (Å²) < 4.78 is 0.919. The summed E-state index contributed by atoms with van der Waals surface area (Å²) in [5.74, 6) is 1.62. The number of hydrogen-bond donors (Lipinski definition) is 1. The normalized spacial score (nSPS) is 25.1. The van der Waals surface area contributed by atoms with E-state index >= 15 is 0 Å². The molecule has 1 aromatic heterocycles. The first-order chi connectivity index (χ1) is 8.13. The second-order valence-corrected chi connectivity index (χ2v) is 5.76. The molecule has 17 heavy (non-hydrogen) atoms. The van der Waals surface area contributed by atoms with Gasteiger partial charge in [-0.3, -0.25) is 0 Å². The number of piperidine rings is 1. The van der Waals surface area contributed by atoms with Crippen molar-refractivity contribution in [3.05, 3.63) is 22.3 Å². The molecule has 1 fully saturated rings. The second kappa shape index (κ2) is 5.36. The maximum Gasteiger partial charge on any atom is 0.134 e. The van der Waals surface area contributed by atoms with Crippen molar-refractivity contribution in [1.82, 2.24) is 4.98 Å². The van der Waals surface area contributed by atoms with Crippen LogP contribution in [0.15, 0.2) is 16.7 Å². The molecule has 1 N–H and O–H groups in total. The van der Waals surface area contributed by atoms with Crippen LogP contribution in [0.2, 0.25) is 0 Å². The highest BCUT2D eigenvalue weighted by molar-refractivity contribution is 9.10. The average molecular weight is 299 g/mol. The van der Waals surface area contributed by atoms with Crippen LogP contribution >= 0.6 is 15.9 Å². The third kappa shape index (κ3) is 2.63. The lowest BCUT2D eigenvalue weighted by Crippen LogP contribution is -2.43. The molecule has 1 aliphatic heterocycles. The minimum atomic E-state index is 0.0410. The minimum Gasteiger partial charge on any atom is -0.392 e. The Morgan fingerprint density at radius 1 is 1.53 bits per heavy atom. The number of halogens is 1. The molecule has 1 saturated heterocycles. The van der Waals surface area contributed by atoms with Crippen molar-refractivity contribution < 1.29 is 5.11 Å². The zero-order valence-electron chi connectivity index (χ0n) is 10.4. The van der Waals surface area contributed by atoms with E-state index in [1.54, 1.807) is 6.20 Å². The molecule has 4 heteroatoms. The van der Waals surface area contributed by atoms with E-state index in [0.717, 1.165) is 22.4 Å². The fourth-order valence-electron chi connectivity index (χ4n) is 2.48. The van der Waals surface area contributed by atoms with Crippen molar-refractivity contribution in [3.63, 3.8) is 0 Å². The van der Waals surface area contributed by atoms with Gasteiger partial charge >= 0.3 is 0 Å². The third-order valence-electron chi connectivity index (χ3n) is 3.73. The maximum atomic E-state index is 9.44. The predicted molar refractivity (Wildman–Crippen MR) is 73.1 cm³/mol. The number of aliphatic hydroxyl groups excluding tert-OH is 1. The standard InChI is InChI=1S/C13H19BrN2O/c1-9-4-3-5-16(10(9)2)13-11(8-17)6-12(14)7-15-13/h6-7,9-10,17H,3-5,8H2,1-2H3. The molecule has 0 bridgehead atoms. The van der Waals surface area contributed by atoms with E-state index in [2.05, 4.69) is 39.7 Å². The van der Waals surface area contributed by atoms with Gasteiger partial charge in [-0.05, 0) is 47.7 Å². The van der Waals surface area contributed by atoms with Gasteiger partial charge in [0.1, 0.15) is 5.82 Å². The molecular weight excluding hydrogens is 280 g/mol. The Kier molecular flexibility index (Phi) is 4.05. The molecule has 1 aliphatic rings. The quantitative estimate of drug-likeness (QED) is 0.912. The van der Waals surface area contributed by atoms with Crippen LogP contribution in [0.3, 0.4) is 0 Å². The van der Waals surface area contributed by atoms with Crippen molar-refractivity contribution in [2.45, 2.75) is 39.3 Å². The van der Waals surface area contributed by atoms with E-state index in [1.807, 2.05) is 6.07 Å². The van der Waals surface area contributed by atoms with Gasteiger partial charge in [0.25, 0.3) is 0 Å². The molecule has 0 aromatic carbocycles. The van der Waals surface area contributed by atoms with Crippen molar-refractivity contribution in [3.8, 4) is 0 Å². The van der Waals surface area contributed by atoms with Crippen LogP contribution in [0.4, 0.5) is 5.82 Å². The first kappa shape index (κ1) is 12.8. The molecule has 0 spiro atoms. The number of anilines is 1. The zero-order valence-corrected chi connectivity index (χ0v) is 11.9. The Morgan fingerprint density at radius 2 is 2.29 bits per heavy atom. The van der Waals surface area contributed by atoms with E-state index in [1.165, 1.54) is 12.8 Å². The van der Waals surface area contributed by atoms with E-state index in [4.69, 9.17) is 0 Å². The minimum absolute atomic E-state index is 0.0410. The third-order valence-corrected chi connectivity index (χ3v) is 4.16. The molecule has 1 aromatic rings. The zero-order chi connectivity index (χ0) is 12.4. The van der Waals surface area contributed by atoms with E-state index in [9.17, 15) is 5.11 Å². The molecule has 2 unspecified atom stereocenters. The summed E-state index contributed by atoms with van der Waals surface area (Å²) in [6.07, 6.45) is 4.29. The van der Waals surface area contributed by atoms with Crippen LogP contribution in [-0.2, 0) is 6.61 Å². The number of nitrogens with zero attached hydrogens (tertiary/aromatic N) is 2. The lowest BCUT2D eigenvalue weighted by Gasteiger charge is -2.39.